The van der Waals surface area contributed by atoms with Gasteiger partial charge in [-0.3, -0.25) is 19.4 Å². The Morgan fingerprint density at radius 3 is 2.46 bits per heavy atom. The summed E-state index contributed by atoms with van der Waals surface area (Å²) in [6.07, 6.45) is 1.09. The van der Waals surface area contributed by atoms with Crippen LogP contribution in [0.5, 0.6) is 0 Å². The van der Waals surface area contributed by atoms with Crippen molar-refractivity contribution >= 4 is 50.4 Å². The number of likely N-dealkylation sites (tertiary alicyclic amines) is 2. The summed E-state index contributed by atoms with van der Waals surface area (Å²) in [6, 6.07) is 7.72. The van der Waals surface area contributed by atoms with Crippen molar-refractivity contribution in [3.63, 3.8) is 0 Å². The number of amides is 4. The number of carboxylic acid groups (broad SMARTS) is 1. The third-order valence-electron chi connectivity index (χ3n) is 8.06. The molecule has 210 valence electrons. The summed E-state index contributed by atoms with van der Waals surface area (Å²) in [5, 5.41) is 11.3. The molecular weight excluding hydrogens is 520 g/mol. The number of piperidine rings is 2. The lowest BCUT2D eigenvalue weighted by Crippen LogP contribution is -2.58. The molecule has 2 aromatic rings. The van der Waals surface area contributed by atoms with Crippen LogP contribution in [-0.4, -0.2) is 93.7 Å². The standard InChI is InChI=1S/C28H36N4O6S/c1-5-31-24(34)28(38-26(31)37)13-8-14-30(17-28)18-11-15-29(16-12-18)22(33)21-19-9-6-7-10-20(19)39-23(21)32(25(35)36)27(2,3)4/h6-7,9-10,18H,5,8,11-17H2,1-4H3,(H,35,36). The average molecular weight is 557 g/mol. The second kappa shape index (κ2) is 10.1. The minimum absolute atomic E-state index is 0.162. The summed E-state index contributed by atoms with van der Waals surface area (Å²) in [7, 11) is 0. The molecule has 11 heteroatoms. The summed E-state index contributed by atoms with van der Waals surface area (Å²) in [6.45, 7) is 9.77. The Hall–Kier alpha value is -3.18. The summed E-state index contributed by atoms with van der Waals surface area (Å²) in [5.41, 5.74) is -1.39. The van der Waals surface area contributed by atoms with E-state index >= 15 is 0 Å². The molecule has 1 spiro atoms. The summed E-state index contributed by atoms with van der Waals surface area (Å²) >= 11 is 1.33. The molecule has 1 unspecified atom stereocenters. The molecule has 3 aliphatic rings. The Morgan fingerprint density at radius 1 is 1.15 bits per heavy atom. The molecule has 39 heavy (non-hydrogen) atoms. The van der Waals surface area contributed by atoms with Crippen molar-refractivity contribution in [2.45, 2.75) is 70.6 Å². The van der Waals surface area contributed by atoms with E-state index in [1.165, 1.54) is 21.1 Å². The zero-order valence-electron chi connectivity index (χ0n) is 22.9. The van der Waals surface area contributed by atoms with Gasteiger partial charge in [0, 0.05) is 47.8 Å². The zero-order valence-corrected chi connectivity index (χ0v) is 23.8. The lowest BCUT2D eigenvalue weighted by atomic mass is 9.89. The summed E-state index contributed by atoms with van der Waals surface area (Å²) in [5.74, 6) is -0.406. The highest BCUT2D eigenvalue weighted by Crippen LogP contribution is 2.42. The third-order valence-corrected chi connectivity index (χ3v) is 9.22. The van der Waals surface area contributed by atoms with E-state index in [0.29, 0.717) is 43.2 Å². The highest BCUT2D eigenvalue weighted by Gasteiger charge is 2.55. The van der Waals surface area contributed by atoms with Crippen LogP contribution in [-0.2, 0) is 9.53 Å². The molecule has 1 N–H and O–H groups in total. The van der Waals surface area contributed by atoms with E-state index < -0.39 is 23.3 Å². The molecule has 4 heterocycles. The lowest BCUT2D eigenvalue weighted by Gasteiger charge is -2.44. The van der Waals surface area contributed by atoms with Gasteiger partial charge in [0.05, 0.1) is 5.56 Å². The number of likely N-dealkylation sites (N-methyl/N-ethyl adjacent to an activating group) is 1. The number of carbonyl (C=O) groups excluding carboxylic acids is 3. The van der Waals surface area contributed by atoms with Crippen LogP contribution in [0.2, 0.25) is 0 Å². The van der Waals surface area contributed by atoms with Gasteiger partial charge in [0.1, 0.15) is 5.00 Å². The molecule has 4 amide bonds. The minimum Gasteiger partial charge on any atom is -0.465 e. The smallest absolute Gasteiger partial charge is 0.417 e. The Kier molecular flexibility index (Phi) is 7.09. The van der Waals surface area contributed by atoms with Crippen molar-refractivity contribution in [1.82, 2.24) is 14.7 Å². The Morgan fingerprint density at radius 2 is 1.85 bits per heavy atom. The van der Waals surface area contributed by atoms with Crippen LogP contribution in [0.3, 0.4) is 0 Å². The third kappa shape index (κ3) is 4.75. The number of rotatable bonds is 4. The molecule has 1 aromatic heterocycles. The highest BCUT2D eigenvalue weighted by molar-refractivity contribution is 7.23. The fraction of sp³-hybridized carbons (Fsp3) is 0.571. The van der Waals surface area contributed by atoms with Gasteiger partial charge in [0.15, 0.2) is 0 Å². The first-order valence-corrected chi connectivity index (χ1v) is 14.4. The number of carbonyl (C=O) groups is 4. The Bertz CT molecular complexity index is 1310. The molecule has 10 nitrogen and oxygen atoms in total. The van der Waals surface area contributed by atoms with Crippen LogP contribution < -0.4 is 4.90 Å². The van der Waals surface area contributed by atoms with Crippen LogP contribution in [0.4, 0.5) is 14.6 Å². The number of nitrogens with zero attached hydrogens (tertiary/aromatic N) is 4. The van der Waals surface area contributed by atoms with Crippen molar-refractivity contribution < 1.29 is 29.0 Å². The van der Waals surface area contributed by atoms with E-state index in [9.17, 15) is 24.3 Å². The average Bonchev–Trinajstić information content (AvgIpc) is 3.36. The first-order valence-electron chi connectivity index (χ1n) is 13.6. The van der Waals surface area contributed by atoms with Crippen molar-refractivity contribution in [2.24, 2.45) is 0 Å². The Labute approximate surface area is 232 Å². The summed E-state index contributed by atoms with van der Waals surface area (Å²) in [4.78, 5) is 58.1. The van der Waals surface area contributed by atoms with E-state index in [1.54, 1.807) is 6.92 Å². The maximum Gasteiger partial charge on any atom is 0.417 e. The highest BCUT2D eigenvalue weighted by atomic mass is 32.1. The second-order valence-corrected chi connectivity index (χ2v) is 12.6. The Balaban J connectivity index is 1.34. The second-order valence-electron chi connectivity index (χ2n) is 11.6. The largest absolute Gasteiger partial charge is 0.465 e. The first kappa shape index (κ1) is 27.4. The van der Waals surface area contributed by atoms with Crippen LogP contribution in [0.1, 0.15) is 63.7 Å². The molecule has 5 rings (SSSR count). The molecule has 0 saturated carbocycles. The van der Waals surface area contributed by atoms with Gasteiger partial charge in [-0.15, -0.1) is 11.3 Å². The molecule has 0 bridgehead atoms. The van der Waals surface area contributed by atoms with E-state index in [0.717, 1.165) is 35.9 Å². The molecule has 3 saturated heterocycles. The number of thiophene rings is 1. The van der Waals surface area contributed by atoms with Gasteiger partial charge in [-0.05, 0) is 66.0 Å². The van der Waals surface area contributed by atoms with Crippen LogP contribution >= 0.6 is 11.3 Å². The number of hydrogen-bond donors (Lipinski definition) is 1. The number of fused-ring (bicyclic) bond motifs is 1. The van der Waals surface area contributed by atoms with E-state index in [-0.39, 0.29) is 17.9 Å². The van der Waals surface area contributed by atoms with Crippen molar-refractivity contribution in [2.75, 3.05) is 37.6 Å². The maximum absolute atomic E-state index is 14.0. The van der Waals surface area contributed by atoms with Crippen LogP contribution in [0, 0.1) is 0 Å². The topological polar surface area (TPSA) is 111 Å². The maximum atomic E-state index is 14.0. The number of anilines is 1. The van der Waals surface area contributed by atoms with Crippen molar-refractivity contribution in [3.05, 3.63) is 29.8 Å². The molecule has 0 aliphatic carbocycles. The monoisotopic (exact) mass is 556 g/mol. The molecule has 3 aliphatic heterocycles. The number of imide groups is 1. The molecule has 1 aromatic carbocycles. The van der Waals surface area contributed by atoms with Crippen molar-refractivity contribution in [1.29, 1.82) is 0 Å². The van der Waals surface area contributed by atoms with E-state index in [2.05, 4.69) is 4.90 Å². The van der Waals surface area contributed by atoms with Gasteiger partial charge in [-0.2, -0.15) is 0 Å². The molecule has 0 radical (unpaired) electrons. The van der Waals surface area contributed by atoms with E-state index in [1.807, 2.05) is 49.9 Å². The molecule has 3 fully saturated rings. The van der Waals surface area contributed by atoms with Gasteiger partial charge >= 0.3 is 12.2 Å². The predicted octanol–water partition coefficient (Wildman–Crippen LogP) is 4.62. The zero-order chi connectivity index (χ0) is 28.1. The van der Waals surface area contributed by atoms with Crippen LogP contribution in [0.25, 0.3) is 10.1 Å². The van der Waals surface area contributed by atoms with Gasteiger partial charge in [0.2, 0.25) is 5.60 Å². The molecule has 1 atom stereocenters. The number of hydrogen-bond acceptors (Lipinski definition) is 7. The SMILES string of the molecule is CCN1C(=O)OC2(CCCN(C3CCN(C(=O)c4c(N(C(=O)O)C(C)(C)C)sc5ccccc45)CC3)C2)C1=O. The van der Waals surface area contributed by atoms with Gasteiger partial charge < -0.3 is 14.7 Å². The van der Waals surface area contributed by atoms with Gasteiger partial charge in [-0.25, -0.2) is 14.5 Å². The normalized spacial score (nSPS) is 23.1. The van der Waals surface area contributed by atoms with Gasteiger partial charge in [0.25, 0.3) is 11.8 Å². The summed E-state index contributed by atoms with van der Waals surface area (Å²) < 4.78 is 6.51. The fourth-order valence-electron chi connectivity index (χ4n) is 6.16. The van der Waals surface area contributed by atoms with E-state index in [4.69, 9.17) is 4.74 Å². The number of benzene rings is 1. The first-order chi connectivity index (χ1) is 18.5. The van der Waals surface area contributed by atoms with Gasteiger partial charge in [-0.1, -0.05) is 18.2 Å². The van der Waals surface area contributed by atoms with Crippen LogP contribution in [0.15, 0.2) is 24.3 Å². The molecular formula is C28H36N4O6S. The minimum atomic E-state index is -1.10. The lowest BCUT2D eigenvalue weighted by molar-refractivity contribution is -0.142. The fourth-order valence-corrected chi connectivity index (χ4v) is 7.54. The predicted molar refractivity (Wildman–Crippen MR) is 148 cm³/mol. The quantitative estimate of drug-likeness (QED) is 0.585. The van der Waals surface area contributed by atoms with Crippen molar-refractivity contribution in [3.8, 4) is 0 Å². The number of ether oxygens (including phenoxy) is 1.